The molecule has 2 nitrogen and oxygen atoms in total. The molecule has 0 bridgehead atoms. The highest BCUT2D eigenvalue weighted by Crippen LogP contribution is 2.35. The third-order valence-corrected chi connectivity index (χ3v) is 6.32. The standard InChI is InChI=1S/C31H32O2/c1-22-18-24(20-28(30(22)32)26-14-8-4-9-15-26)12-6-3-7-13-25-19-23(2)31(33)29(21-25)27-16-10-5-11-17-27/h4-5,8-11,14-21,32-33H,3,6-7,12-13H2,1-2H3. The Labute approximate surface area is 197 Å². The van der Waals surface area contributed by atoms with Crippen molar-refractivity contribution in [2.24, 2.45) is 0 Å². The first-order valence-electron chi connectivity index (χ1n) is 11.8. The lowest BCUT2D eigenvalue weighted by atomic mass is 9.95. The number of phenols is 2. The molecule has 0 heterocycles. The SMILES string of the molecule is Cc1cc(CCCCCc2cc(C)c(O)c(-c3ccccc3)c2)cc(-c2ccccc2)c1O. The van der Waals surface area contributed by atoms with Crippen molar-refractivity contribution in [3.8, 4) is 33.8 Å². The second kappa shape index (κ2) is 10.4. The van der Waals surface area contributed by atoms with Crippen molar-refractivity contribution in [2.45, 2.75) is 46.0 Å². The van der Waals surface area contributed by atoms with Crippen LogP contribution in [0.2, 0.25) is 0 Å². The van der Waals surface area contributed by atoms with E-state index in [9.17, 15) is 10.2 Å². The maximum atomic E-state index is 10.5. The van der Waals surface area contributed by atoms with E-state index in [0.717, 1.165) is 65.5 Å². The molecule has 0 radical (unpaired) electrons. The van der Waals surface area contributed by atoms with Gasteiger partial charge in [0.25, 0.3) is 0 Å². The minimum atomic E-state index is 0.377. The summed E-state index contributed by atoms with van der Waals surface area (Å²) >= 11 is 0. The van der Waals surface area contributed by atoms with E-state index in [2.05, 4.69) is 24.3 Å². The molecule has 4 aromatic carbocycles. The van der Waals surface area contributed by atoms with Crippen molar-refractivity contribution in [2.75, 3.05) is 0 Å². The van der Waals surface area contributed by atoms with E-state index in [-0.39, 0.29) is 0 Å². The summed E-state index contributed by atoms with van der Waals surface area (Å²) in [7, 11) is 0. The van der Waals surface area contributed by atoms with Gasteiger partial charge in [-0.3, -0.25) is 0 Å². The minimum Gasteiger partial charge on any atom is -0.507 e. The first kappa shape index (κ1) is 22.7. The molecule has 0 aliphatic heterocycles. The molecule has 0 atom stereocenters. The van der Waals surface area contributed by atoms with Crippen molar-refractivity contribution >= 4 is 0 Å². The minimum absolute atomic E-state index is 0.377. The number of rotatable bonds is 8. The molecule has 0 amide bonds. The Morgan fingerprint density at radius 2 is 0.909 bits per heavy atom. The van der Waals surface area contributed by atoms with Crippen molar-refractivity contribution in [1.82, 2.24) is 0 Å². The summed E-state index contributed by atoms with van der Waals surface area (Å²) < 4.78 is 0. The van der Waals surface area contributed by atoms with Gasteiger partial charge in [-0.15, -0.1) is 0 Å². The number of aryl methyl sites for hydroxylation is 4. The second-order valence-corrected chi connectivity index (χ2v) is 8.91. The fourth-order valence-corrected chi connectivity index (χ4v) is 4.51. The number of benzene rings is 4. The highest BCUT2D eigenvalue weighted by Gasteiger charge is 2.11. The average Bonchev–Trinajstić information content (AvgIpc) is 2.84. The molecule has 0 saturated heterocycles. The third kappa shape index (κ3) is 5.46. The molecular formula is C31H32O2. The smallest absolute Gasteiger partial charge is 0.126 e. The highest BCUT2D eigenvalue weighted by molar-refractivity contribution is 5.73. The summed E-state index contributed by atoms with van der Waals surface area (Å²) in [6.07, 6.45) is 5.37. The quantitative estimate of drug-likeness (QED) is 0.275. The van der Waals surface area contributed by atoms with Gasteiger partial charge in [0.2, 0.25) is 0 Å². The van der Waals surface area contributed by atoms with Crippen LogP contribution in [0.1, 0.15) is 41.5 Å². The van der Waals surface area contributed by atoms with Gasteiger partial charge in [-0.05, 0) is 85.0 Å². The molecule has 4 rings (SSSR count). The van der Waals surface area contributed by atoms with Crippen molar-refractivity contribution in [1.29, 1.82) is 0 Å². The van der Waals surface area contributed by atoms with E-state index in [0.29, 0.717) is 11.5 Å². The second-order valence-electron chi connectivity index (χ2n) is 8.91. The molecule has 0 aliphatic rings. The van der Waals surface area contributed by atoms with Gasteiger partial charge >= 0.3 is 0 Å². The zero-order valence-electron chi connectivity index (χ0n) is 19.5. The van der Waals surface area contributed by atoms with Crippen molar-refractivity contribution in [3.63, 3.8) is 0 Å². The Morgan fingerprint density at radius 1 is 0.515 bits per heavy atom. The lowest BCUT2D eigenvalue weighted by molar-refractivity contribution is 0.472. The van der Waals surface area contributed by atoms with E-state index in [4.69, 9.17) is 0 Å². The fraction of sp³-hybridized carbons (Fsp3) is 0.226. The van der Waals surface area contributed by atoms with Crippen LogP contribution < -0.4 is 0 Å². The van der Waals surface area contributed by atoms with E-state index in [1.165, 1.54) is 11.1 Å². The van der Waals surface area contributed by atoms with E-state index in [1.54, 1.807) is 0 Å². The van der Waals surface area contributed by atoms with Crippen LogP contribution in [-0.4, -0.2) is 10.2 Å². The highest BCUT2D eigenvalue weighted by atomic mass is 16.3. The maximum absolute atomic E-state index is 10.5. The summed E-state index contributed by atoms with van der Waals surface area (Å²) in [5, 5.41) is 21.1. The van der Waals surface area contributed by atoms with Crippen LogP contribution in [0, 0.1) is 13.8 Å². The van der Waals surface area contributed by atoms with Crippen LogP contribution in [-0.2, 0) is 12.8 Å². The van der Waals surface area contributed by atoms with Gasteiger partial charge in [-0.1, -0.05) is 79.2 Å². The molecule has 0 unspecified atom stereocenters. The normalized spacial score (nSPS) is 11.0. The Kier molecular flexibility index (Phi) is 7.14. The van der Waals surface area contributed by atoms with E-state index >= 15 is 0 Å². The topological polar surface area (TPSA) is 40.5 Å². The number of hydrogen-bond donors (Lipinski definition) is 2. The van der Waals surface area contributed by atoms with Crippen molar-refractivity contribution < 1.29 is 10.2 Å². The molecule has 0 saturated carbocycles. The summed E-state index contributed by atoms with van der Waals surface area (Å²) in [5.41, 5.74) is 8.34. The summed E-state index contributed by atoms with van der Waals surface area (Å²) in [4.78, 5) is 0. The molecule has 0 fully saturated rings. The molecule has 168 valence electrons. The first-order valence-corrected chi connectivity index (χ1v) is 11.8. The molecule has 2 N–H and O–H groups in total. The van der Waals surface area contributed by atoms with Gasteiger partial charge in [0, 0.05) is 11.1 Å². The van der Waals surface area contributed by atoms with E-state index in [1.807, 2.05) is 74.5 Å². The zero-order valence-corrected chi connectivity index (χ0v) is 19.5. The summed E-state index contributed by atoms with van der Waals surface area (Å²) in [6.45, 7) is 3.95. The maximum Gasteiger partial charge on any atom is 0.126 e. The van der Waals surface area contributed by atoms with Gasteiger partial charge in [0.15, 0.2) is 0 Å². The summed E-state index contributed by atoms with van der Waals surface area (Å²) in [5.74, 6) is 0.753. The summed E-state index contributed by atoms with van der Waals surface area (Å²) in [6, 6.07) is 28.7. The molecular weight excluding hydrogens is 404 g/mol. The Bertz CT molecular complexity index is 1110. The van der Waals surface area contributed by atoms with Crippen LogP contribution in [0.15, 0.2) is 84.9 Å². The molecule has 0 spiro atoms. The van der Waals surface area contributed by atoms with Gasteiger partial charge in [-0.2, -0.15) is 0 Å². The first-order chi connectivity index (χ1) is 16.0. The molecule has 0 aromatic heterocycles. The lowest BCUT2D eigenvalue weighted by Crippen LogP contribution is -1.93. The molecule has 2 heteroatoms. The van der Waals surface area contributed by atoms with Crippen LogP contribution in [0.25, 0.3) is 22.3 Å². The lowest BCUT2D eigenvalue weighted by Gasteiger charge is -2.12. The van der Waals surface area contributed by atoms with Crippen LogP contribution in [0.4, 0.5) is 0 Å². The molecule has 0 aliphatic carbocycles. The monoisotopic (exact) mass is 436 g/mol. The van der Waals surface area contributed by atoms with Gasteiger partial charge < -0.3 is 10.2 Å². The average molecular weight is 437 g/mol. The van der Waals surface area contributed by atoms with Crippen LogP contribution in [0.5, 0.6) is 11.5 Å². The van der Waals surface area contributed by atoms with Crippen molar-refractivity contribution in [3.05, 3.63) is 107 Å². The Hall–Kier alpha value is -3.52. The van der Waals surface area contributed by atoms with Gasteiger partial charge in [0.05, 0.1) is 0 Å². The largest absolute Gasteiger partial charge is 0.507 e. The van der Waals surface area contributed by atoms with Crippen LogP contribution in [0.3, 0.4) is 0 Å². The van der Waals surface area contributed by atoms with Gasteiger partial charge in [0.1, 0.15) is 11.5 Å². The predicted molar refractivity (Wildman–Crippen MR) is 138 cm³/mol. The molecule has 4 aromatic rings. The van der Waals surface area contributed by atoms with Crippen LogP contribution >= 0.6 is 0 Å². The molecule has 33 heavy (non-hydrogen) atoms. The van der Waals surface area contributed by atoms with Gasteiger partial charge in [-0.25, -0.2) is 0 Å². The number of hydrogen-bond acceptors (Lipinski definition) is 2. The number of phenolic OH excluding ortho intramolecular Hbond substituents is 2. The fourth-order valence-electron chi connectivity index (χ4n) is 4.51. The number of unbranched alkanes of at least 4 members (excludes halogenated alkanes) is 2. The third-order valence-electron chi connectivity index (χ3n) is 6.32. The Morgan fingerprint density at radius 3 is 1.30 bits per heavy atom. The van der Waals surface area contributed by atoms with E-state index < -0.39 is 0 Å². The number of aromatic hydroxyl groups is 2. The Balaban J connectivity index is 1.37. The predicted octanol–water partition coefficient (Wildman–Crippen LogP) is 8.00. The zero-order chi connectivity index (χ0) is 23.2.